The zero-order valence-corrected chi connectivity index (χ0v) is 11.4. The number of ketones is 2. The Bertz CT molecular complexity index is 831. The second kappa shape index (κ2) is 4.90. The van der Waals surface area contributed by atoms with E-state index in [1.54, 1.807) is 19.1 Å². The molecule has 1 aliphatic heterocycles. The highest BCUT2D eigenvalue weighted by atomic mass is 16.5. The molecular weight excluding hydrogens is 266 g/mol. The lowest BCUT2D eigenvalue weighted by molar-refractivity contribution is -0.113. The monoisotopic (exact) mass is 279 g/mol. The van der Waals surface area contributed by atoms with Crippen molar-refractivity contribution in [2.24, 2.45) is 5.73 Å². The summed E-state index contributed by atoms with van der Waals surface area (Å²) in [5, 5.41) is 2.02. The third-order valence-corrected chi connectivity index (χ3v) is 3.45. The van der Waals surface area contributed by atoms with Crippen molar-refractivity contribution in [3.05, 3.63) is 71.3 Å². The summed E-state index contributed by atoms with van der Waals surface area (Å²) in [7, 11) is 0. The van der Waals surface area contributed by atoms with Gasteiger partial charge in [0.1, 0.15) is 0 Å². The zero-order chi connectivity index (χ0) is 15.0. The average Bonchev–Trinajstić information content (AvgIpc) is 2.74. The van der Waals surface area contributed by atoms with E-state index in [1.165, 1.54) is 6.08 Å². The SMILES string of the molecule is CC1=C(N)O/C(=C\C(=O)c2ccc3ccccc3c2)C1=O. The Morgan fingerprint density at radius 1 is 1.14 bits per heavy atom. The molecule has 2 aromatic rings. The lowest BCUT2D eigenvalue weighted by atomic mass is 10.0. The molecule has 0 aliphatic carbocycles. The Balaban J connectivity index is 1.93. The van der Waals surface area contributed by atoms with Crippen LogP contribution >= 0.6 is 0 Å². The van der Waals surface area contributed by atoms with Crippen molar-refractivity contribution >= 4 is 22.3 Å². The number of benzene rings is 2. The minimum Gasteiger partial charge on any atom is -0.437 e. The summed E-state index contributed by atoms with van der Waals surface area (Å²) >= 11 is 0. The second-order valence-corrected chi connectivity index (χ2v) is 4.86. The van der Waals surface area contributed by atoms with Crippen LogP contribution in [-0.2, 0) is 9.53 Å². The third-order valence-electron chi connectivity index (χ3n) is 3.45. The van der Waals surface area contributed by atoms with Gasteiger partial charge in [-0.3, -0.25) is 9.59 Å². The average molecular weight is 279 g/mol. The summed E-state index contributed by atoms with van der Waals surface area (Å²) in [5.41, 5.74) is 6.36. The number of Topliss-reactive ketones (excluding diaryl/α,β-unsaturated/α-hetero) is 1. The predicted octanol–water partition coefficient (Wildman–Crippen LogP) is 2.70. The minimum atomic E-state index is -0.346. The fourth-order valence-corrected chi connectivity index (χ4v) is 2.18. The second-order valence-electron chi connectivity index (χ2n) is 4.86. The number of hydrogen-bond donors (Lipinski definition) is 1. The summed E-state index contributed by atoms with van der Waals surface area (Å²) in [6.07, 6.45) is 1.19. The molecule has 2 N–H and O–H groups in total. The molecule has 0 atom stereocenters. The van der Waals surface area contributed by atoms with Crippen LogP contribution in [0.1, 0.15) is 17.3 Å². The van der Waals surface area contributed by atoms with Crippen LogP contribution in [0.15, 0.2) is 65.8 Å². The predicted molar refractivity (Wildman–Crippen MR) is 79.3 cm³/mol. The van der Waals surface area contributed by atoms with Crippen molar-refractivity contribution in [2.45, 2.75) is 6.92 Å². The summed E-state index contributed by atoms with van der Waals surface area (Å²) in [5.74, 6) is -0.603. The molecule has 4 heteroatoms. The Hall–Kier alpha value is -2.88. The molecule has 0 saturated heterocycles. The van der Waals surface area contributed by atoms with E-state index in [9.17, 15) is 9.59 Å². The van der Waals surface area contributed by atoms with E-state index in [0.717, 1.165) is 10.8 Å². The molecule has 0 amide bonds. The van der Waals surface area contributed by atoms with Crippen LogP contribution in [-0.4, -0.2) is 11.6 Å². The van der Waals surface area contributed by atoms with E-state index in [0.29, 0.717) is 11.1 Å². The molecule has 3 rings (SSSR count). The number of ether oxygens (including phenoxy) is 1. The largest absolute Gasteiger partial charge is 0.437 e. The first-order valence-corrected chi connectivity index (χ1v) is 6.50. The summed E-state index contributed by atoms with van der Waals surface area (Å²) < 4.78 is 5.11. The van der Waals surface area contributed by atoms with Crippen LogP contribution in [0.3, 0.4) is 0 Å². The van der Waals surface area contributed by atoms with Gasteiger partial charge >= 0.3 is 0 Å². The van der Waals surface area contributed by atoms with Gasteiger partial charge in [-0.1, -0.05) is 36.4 Å². The fraction of sp³-hybridized carbons (Fsp3) is 0.0588. The summed E-state index contributed by atoms with van der Waals surface area (Å²) in [4.78, 5) is 24.0. The number of allylic oxidation sites excluding steroid dienone is 2. The van der Waals surface area contributed by atoms with E-state index in [1.807, 2.05) is 30.3 Å². The van der Waals surface area contributed by atoms with Gasteiger partial charge in [-0.2, -0.15) is 0 Å². The van der Waals surface area contributed by atoms with Crippen molar-refractivity contribution in [3.63, 3.8) is 0 Å². The highest BCUT2D eigenvalue weighted by molar-refractivity contribution is 6.15. The van der Waals surface area contributed by atoms with Crippen LogP contribution in [0.25, 0.3) is 10.8 Å². The maximum absolute atomic E-state index is 12.2. The molecule has 104 valence electrons. The van der Waals surface area contributed by atoms with Crippen LogP contribution in [0.4, 0.5) is 0 Å². The van der Waals surface area contributed by atoms with E-state index in [2.05, 4.69) is 0 Å². The molecule has 0 unspecified atom stereocenters. The van der Waals surface area contributed by atoms with Gasteiger partial charge in [-0.05, 0) is 23.8 Å². The third kappa shape index (κ3) is 2.31. The lowest BCUT2D eigenvalue weighted by Gasteiger charge is -2.02. The summed E-state index contributed by atoms with van der Waals surface area (Å²) in [6.45, 7) is 1.57. The molecular formula is C17H13NO3. The van der Waals surface area contributed by atoms with Gasteiger partial charge in [-0.25, -0.2) is 0 Å². The van der Waals surface area contributed by atoms with Gasteiger partial charge in [0.15, 0.2) is 17.4 Å². The van der Waals surface area contributed by atoms with Gasteiger partial charge in [0.05, 0.1) is 5.57 Å². The first-order valence-electron chi connectivity index (χ1n) is 6.50. The molecule has 0 bridgehead atoms. The Morgan fingerprint density at radius 3 is 2.52 bits per heavy atom. The number of nitrogens with two attached hydrogens (primary N) is 1. The molecule has 0 saturated carbocycles. The number of rotatable bonds is 2. The topological polar surface area (TPSA) is 69.4 Å². The first-order chi connectivity index (χ1) is 10.1. The Kier molecular flexibility index (Phi) is 3.06. The Morgan fingerprint density at radius 2 is 1.86 bits per heavy atom. The van der Waals surface area contributed by atoms with Crippen molar-refractivity contribution in [2.75, 3.05) is 0 Å². The lowest BCUT2D eigenvalue weighted by Crippen LogP contribution is -2.03. The molecule has 0 fully saturated rings. The number of fused-ring (bicyclic) bond motifs is 1. The van der Waals surface area contributed by atoms with Gasteiger partial charge in [0.2, 0.25) is 5.78 Å². The Labute approximate surface area is 121 Å². The molecule has 4 nitrogen and oxygen atoms in total. The molecule has 1 heterocycles. The minimum absolute atomic E-state index is 0.0249. The zero-order valence-electron chi connectivity index (χ0n) is 11.4. The molecule has 0 spiro atoms. The highest BCUT2D eigenvalue weighted by Gasteiger charge is 2.26. The van der Waals surface area contributed by atoms with E-state index < -0.39 is 0 Å². The van der Waals surface area contributed by atoms with E-state index in [-0.39, 0.29) is 23.2 Å². The van der Waals surface area contributed by atoms with Gasteiger partial charge in [0, 0.05) is 11.6 Å². The number of carbonyl (C=O) groups is 2. The van der Waals surface area contributed by atoms with E-state index >= 15 is 0 Å². The first kappa shape index (κ1) is 13.1. The van der Waals surface area contributed by atoms with Gasteiger partial charge < -0.3 is 10.5 Å². The maximum atomic E-state index is 12.2. The molecule has 1 aliphatic rings. The van der Waals surface area contributed by atoms with Crippen LogP contribution < -0.4 is 5.73 Å². The highest BCUT2D eigenvalue weighted by Crippen LogP contribution is 2.22. The number of hydrogen-bond acceptors (Lipinski definition) is 4. The molecule has 0 radical (unpaired) electrons. The van der Waals surface area contributed by atoms with Crippen LogP contribution in [0, 0.1) is 0 Å². The maximum Gasteiger partial charge on any atom is 0.229 e. The molecule has 0 aromatic heterocycles. The van der Waals surface area contributed by atoms with Gasteiger partial charge in [0.25, 0.3) is 0 Å². The summed E-state index contributed by atoms with van der Waals surface area (Å²) in [6, 6.07) is 13.1. The van der Waals surface area contributed by atoms with Crippen molar-refractivity contribution in [3.8, 4) is 0 Å². The molecule has 2 aromatic carbocycles. The van der Waals surface area contributed by atoms with Crippen molar-refractivity contribution < 1.29 is 14.3 Å². The molecule has 21 heavy (non-hydrogen) atoms. The standard InChI is InChI=1S/C17H13NO3/c1-10-16(20)15(21-17(10)18)9-14(19)13-7-6-11-4-2-3-5-12(11)8-13/h2-9H,18H2,1H3/b15-9-. The quantitative estimate of drug-likeness (QED) is 0.678. The van der Waals surface area contributed by atoms with Crippen molar-refractivity contribution in [1.29, 1.82) is 0 Å². The van der Waals surface area contributed by atoms with Crippen LogP contribution in [0.2, 0.25) is 0 Å². The van der Waals surface area contributed by atoms with Crippen LogP contribution in [0.5, 0.6) is 0 Å². The van der Waals surface area contributed by atoms with E-state index in [4.69, 9.17) is 10.5 Å². The van der Waals surface area contributed by atoms with Crippen molar-refractivity contribution in [1.82, 2.24) is 0 Å². The fourth-order valence-electron chi connectivity index (χ4n) is 2.18. The smallest absolute Gasteiger partial charge is 0.229 e. The normalized spacial score (nSPS) is 16.6. The van der Waals surface area contributed by atoms with Gasteiger partial charge in [-0.15, -0.1) is 0 Å². The number of carbonyl (C=O) groups excluding carboxylic acids is 2.